The van der Waals surface area contributed by atoms with Crippen LogP contribution in [0.2, 0.25) is 0 Å². The number of para-hydroxylation sites is 2. The maximum Gasteiger partial charge on any atom is 0.209 e. The number of piperidine rings is 1. The molecule has 2 aromatic carbocycles. The smallest absolute Gasteiger partial charge is 0.209 e. The number of aliphatic hydroxyl groups is 1. The Morgan fingerprint density at radius 2 is 2.03 bits per heavy atom. The van der Waals surface area contributed by atoms with Crippen molar-refractivity contribution in [1.29, 1.82) is 0 Å². The highest BCUT2D eigenvalue weighted by molar-refractivity contribution is 5.48. The van der Waals surface area contributed by atoms with Crippen LogP contribution in [0.4, 0.5) is 4.39 Å². The van der Waals surface area contributed by atoms with Crippen molar-refractivity contribution in [2.24, 2.45) is 5.92 Å². The molecule has 0 spiro atoms. The van der Waals surface area contributed by atoms with Gasteiger partial charge in [-0.25, -0.2) is 4.39 Å². The van der Waals surface area contributed by atoms with Crippen molar-refractivity contribution in [3.63, 3.8) is 0 Å². The number of hydrogen-bond acceptors (Lipinski definition) is 4. The topological polar surface area (TPSA) is 59.0 Å². The second-order valence-corrected chi connectivity index (χ2v) is 8.30. The molecule has 5 nitrogen and oxygen atoms in total. The van der Waals surface area contributed by atoms with E-state index >= 15 is 4.39 Å². The third kappa shape index (κ3) is 5.43. The Hall–Kier alpha value is -2.44. The van der Waals surface area contributed by atoms with E-state index in [2.05, 4.69) is 0 Å². The molecule has 1 saturated heterocycles. The minimum Gasteiger partial charge on any atom is -0.454 e. The summed E-state index contributed by atoms with van der Waals surface area (Å²) in [7, 11) is 1.65. The summed E-state index contributed by atoms with van der Waals surface area (Å²) in [4.78, 5) is 13.1. The van der Waals surface area contributed by atoms with Crippen LogP contribution in [0.25, 0.3) is 0 Å². The van der Waals surface area contributed by atoms with E-state index in [9.17, 15) is 9.90 Å². The number of unbranched alkanes of at least 4 members (excludes halogenated alkanes) is 1. The van der Waals surface area contributed by atoms with E-state index in [4.69, 9.17) is 9.47 Å². The zero-order chi connectivity index (χ0) is 22.3. The molecule has 1 aliphatic heterocycles. The van der Waals surface area contributed by atoms with Crippen LogP contribution < -0.4 is 4.74 Å². The van der Waals surface area contributed by atoms with Gasteiger partial charge in [-0.3, -0.25) is 4.79 Å². The fraction of sp³-hybridized carbons (Fsp3) is 0.480. The zero-order valence-electron chi connectivity index (χ0n) is 18.4. The van der Waals surface area contributed by atoms with Gasteiger partial charge in [0, 0.05) is 38.3 Å². The van der Waals surface area contributed by atoms with E-state index in [0.29, 0.717) is 43.9 Å². The molecule has 0 bridgehead atoms. The number of rotatable bonds is 10. The standard InChI is InChI=1S/C25H32FNO4/c1-19-9-3-4-13-23(19)31-24-21(11-7-12-22(24)26)25(29,14-5-6-16-30-2)20-10-8-15-27(17-20)18-28/h3-4,7,9,11-13,18,20,29H,5-6,8,10,14-17H2,1-2H3/t20-,25+/m1/s1. The van der Waals surface area contributed by atoms with Gasteiger partial charge < -0.3 is 19.5 Å². The van der Waals surface area contributed by atoms with Crippen molar-refractivity contribution in [3.05, 3.63) is 59.4 Å². The molecule has 0 aliphatic carbocycles. The van der Waals surface area contributed by atoms with Gasteiger partial charge in [-0.15, -0.1) is 0 Å². The van der Waals surface area contributed by atoms with Gasteiger partial charge in [0.25, 0.3) is 0 Å². The van der Waals surface area contributed by atoms with Gasteiger partial charge in [-0.2, -0.15) is 0 Å². The van der Waals surface area contributed by atoms with Crippen LogP contribution in [-0.2, 0) is 15.1 Å². The molecule has 168 valence electrons. The van der Waals surface area contributed by atoms with Crippen LogP contribution in [0.15, 0.2) is 42.5 Å². The Kier molecular flexibility index (Phi) is 8.04. The highest BCUT2D eigenvalue weighted by Crippen LogP contribution is 2.45. The second kappa shape index (κ2) is 10.7. The molecular formula is C25H32FNO4. The predicted octanol–water partition coefficient (Wildman–Crippen LogP) is 4.80. The van der Waals surface area contributed by atoms with Gasteiger partial charge in [0.15, 0.2) is 11.6 Å². The van der Waals surface area contributed by atoms with E-state index < -0.39 is 11.4 Å². The lowest BCUT2D eigenvalue weighted by Gasteiger charge is -2.42. The number of methoxy groups -OCH3 is 1. The summed E-state index contributed by atoms with van der Waals surface area (Å²) in [5.74, 6) is -0.128. The highest BCUT2D eigenvalue weighted by atomic mass is 19.1. The first-order valence-corrected chi connectivity index (χ1v) is 10.9. The lowest BCUT2D eigenvalue weighted by molar-refractivity contribution is -0.123. The van der Waals surface area contributed by atoms with Crippen LogP contribution >= 0.6 is 0 Å². The molecule has 2 aromatic rings. The lowest BCUT2D eigenvalue weighted by Crippen LogP contribution is -2.46. The number of hydrogen-bond donors (Lipinski definition) is 1. The van der Waals surface area contributed by atoms with Gasteiger partial charge in [-0.05, 0) is 56.7 Å². The quantitative estimate of drug-likeness (QED) is 0.435. The van der Waals surface area contributed by atoms with E-state index in [0.717, 1.165) is 31.2 Å². The number of nitrogens with zero attached hydrogens (tertiary/aromatic N) is 1. The number of aryl methyl sites for hydroxylation is 1. The van der Waals surface area contributed by atoms with E-state index in [1.54, 1.807) is 30.2 Å². The van der Waals surface area contributed by atoms with Crippen molar-refractivity contribution in [1.82, 2.24) is 4.90 Å². The number of ether oxygens (including phenoxy) is 2. The molecule has 31 heavy (non-hydrogen) atoms. The van der Waals surface area contributed by atoms with Crippen LogP contribution in [0, 0.1) is 18.7 Å². The minimum atomic E-state index is -1.32. The Morgan fingerprint density at radius 1 is 1.23 bits per heavy atom. The Bertz CT molecular complexity index is 874. The first kappa shape index (κ1) is 23.2. The molecule has 0 saturated carbocycles. The molecule has 0 radical (unpaired) electrons. The van der Waals surface area contributed by atoms with Crippen LogP contribution in [0.1, 0.15) is 43.2 Å². The average Bonchev–Trinajstić information content (AvgIpc) is 2.79. The fourth-order valence-corrected chi connectivity index (χ4v) is 4.43. The maximum atomic E-state index is 15.0. The number of carbonyl (C=O) groups excluding carboxylic acids is 1. The number of carbonyl (C=O) groups is 1. The van der Waals surface area contributed by atoms with Crippen LogP contribution in [0.5, 0.6) is 11.5 Å². The Labute approximate surface area is 183 Å². The first-order valence-electron chi connectivity index (χ1n) is 10.9. The second-order valence-electron chi connectivity index (χ2n) is 8.30. The molecule has 0 unspecified atom stereocenters. The molecule has 0 aromatic heterocycles. The predicted molar refractivity (Wildman–Crippen MR) is 118 cm³/mol. The number of likely N-dealkylation sites (tertiary alicyclic amines) is 1. The summed E-state index contributed by atoms with van der Waals surface area (Å²) >= 11 is 0. The molecule has 3 rings (SSSR count). The monoisotopic (exact) mass is 429 g/mol. The van der Waals surface area contributed by atoms with Gasteiger partial charge in [0.1, 0.15) is 5.75 Å². The molecule has 1 heterocycles. The van der Waals surface area contributed by atoms with Crippen molar-refractivity contribution >= 4 is 6.41 Å². The molecule has 1 fully saturated rings. The number of amides is 1. The lowest BCUT2D eigenvalue weighted by atomic mass is 9.73. The van der Waals surface area contributed by atoms with Gasteiger partial charge in [0.05, 0.1) is 5.60 Å². The summed E-state index contributed by atoms with van der Waals surface area (Å²) in [5.41, 5.74) is -0.00808. The van der Waals surface area contributed by atoms with Crippen molar-refractivity contribution < 1.29 is 23.8 Å². The molecule has 2 atom stereocenters. The summed E-state index contributed by atoms with van der Waals surface area (Å²) in [6.07, 6.45) is 4.31. The molecule has 1 N–H and O–H groups in total. The van der Waals surface area contributed by atoms with Crippen LogP contribution in [0.3, 0.4) is 0 Å². The van der Waals surface area contributed by atoms with E-state index in [1.165, 1.54) is 6.07 Å². The zero-order valence-corrected chi connectivity index (χ0v) is 18.4. The van der Waals surface area contributed by atoms with Crippen LogP contribution in [-0.4, -0.2) is 43.2 Å². The van der Waals surface area contributed by atoms with Crippen molar-refractivity contribution in [2.45, 2.75) is 44.6 Å². The Balaban J connectivity index is 2.00. The molecular weight excluding hydrogens is 397 g/mol. The average molecular weight is 430 g/mol. The van der Waals surface area contributed by atoms with Gasteiger partial charge >= 0.3 is 0 Å². The third-order valence-corrected chi connectivity index (χ3v) is 6.17. The summed E-state index contributed by atoms with van der Waals surface area (Å²) < 4.78 is 26.2. The van der Waals surface area contributed by atoms with Crippen molar-refractivity contribution in [2.75, 3.05) is 26.8 Å². The summed E-state index contributed by atoms with van der Waals surface area (Å²) in [6.45, 7) is 3.60. The van der Waals surface area contributed by atoms with Crippen molar-refractivity contribution in [3.8, 4) is 11.5 Å². The minimum absolute atomic E-state index is 0.0502. The number of halogens is 1. The molecule has 1 aliphatic rings. The number of benzene rings is 2. The van der Waals surface area contributed by atoms with E-state index in [1.807, 2.05) is 25.1 Å². The molecule has 6 heteroatoms. The Morgan fingerprint density at radius 3 is 2.77 bits per heavy atom. The fourth-order valence-electron chi connectivity index (χ4n) is 4.43. The normalized spacial score (nSPS) is 18.5. The first-order chi connectivity index (χ1) is 15.0. The highest BCUT2D eigenvalue weighted by Gasteiger charge is 2.42. The third-order valence-electron chi connectivity index (χ3n) is 6.17. The summed E-state index contributed by atoms with van der Waals surface area (Å²) in [5, 5.41) is 12.0. The SMILES string of the molecule is COCCCC[C@@](O)(c1cccc(F)c1Oc1ccccc1C)[C@@H]1CCCN(C=O)C1. The summed E-state index contributed by atoms with van der Waals surface area (Å²) in [6, 6.07) is 12.1. The maximum absolute atomic E-state index is 15.0. The largest absolute Gasteiger partial charge is 0.454 e. The van der Waals surface area contributed by atoms with Gasteiger partial charge in [-0.1, -0.05) is 30.3 Å². The molecule has 1 amide bonds. The van der Waals surface area contributed by atoms with E-state index in [-0.39, 0.29) is 11.7 Å². The van der Waals surface area contributed by atoms with Gasteiger partial charge in [0.2, 0.25) is 6.41 Å².